The van der Waals surface area contributed by atoms with Gasteiger partial charge in [-0.05, 0) is 24.0 Å². The Kier molecular flexibility index (Phi) is 2.81. The highest BCUT2D eigenvalue weighted by Crippen LogP contribution is 2.28. The van der Waals surface area contributed by atoms with Crippen molar-refractivity contribution in [1.82, 2.24) is 10.2 Å². The fraction of sp³-hybridized carbons (Fsp3) is 0.462. The van der Waals surface area contributed by atoms with Gasteiger partial charge >= 0.3 is 0 Å². The largest absolute Gasteiger partial charge is 0.338 e. The number of carbonyl (C=O) groups is 1. The van der Waals surface area contributed by atoms with Crippen LogP contribution in [0.15, 0.2) is 24.3 Å². The molecule has 1 amide bonds. The molecule has 2 aliphatic rings. The number of hydrogen-bond donors (Lipinski definition) is 1. The molecule has 1 aromatic rings. The van der Waals surface area contributed by atoms with Gasteiger partial charge in [0.15, 0.2) is 0 Å². The van der Waals surface area contributed by atoms with Crippen LogP contribution < -0.4 is 5.32 Å². The van der Waals surface area contributed by atoms with Crippen LogP contribution in [0.25, 0.3) is 0 Å². The maximum absolute atomic E-state index is 12.3. The van der Waals surface area contributed by atoms with Crippen molar-refractivity contribution in [1.29, 1.82) is 0 Å². The van der Waals surface area contributed by atoms with Crippen molar-refractivity contribution < 1.29 is 4.79 Å². The van der Waals surface area contributed by atoms with Crippen molar-refractivity contribution in [3.05, 3.63) is 34.9 Å². The molecular weight excluding hydrogens is 236 g/mol. The van der Waals surface area contributed by atoms with Crippen molar-refractivity contribution in [2.75, 3.05) is 26.2 Å². The van der Waals surface area contributed by atoms with Crippen LogP contribution in [0.3, 0.4) is 0 Å². The second kappa shape index (κ2) is 4.31. The predicted octanol–water partition coefficient (Wildman–Crippen LogP) is 1.63. The maximum atomic E-state index is 12.3. The van der Waals surface area contributed by atoms with Gasteiger partial charge in [-0.15, -0.1) is 0 Å². The summed E-state index contributed by atoms with van der Waals surface area (Å²) >= 11 is 6.06. The smallest absolute Gasteiger partial charge is 0.255 e. The van der Waals surface area contributed by atoms with E-state index in [2.05, 4.69) is 5.32 Å². The van der Waals surface area contributed by atoms with Gasteiger partial charge in [-0.25, -0.2) is 0 Å². The van der Waals surface area contributed by atoms with Gasteiger partial charge in [-0.3, -0.25) is 4.79 Å². The van der Waals surface area contributed by atoms with Gasteiger partial charge in [0.25, 0.3) is 5.91 Å². The number of benzene rings is 1. The van der Waals surface area contributed by atoms with Crippen LogP contribution in [0.5, 0.6) is 0 Å². The van der Waals surface area contributed by atoms with Crippen LogP contribution >= 0.6 is 11.6 Å². The highest BCUT2D eigenvalue weighted by Gasteiger charge is 2.38. The normalized spacial score (nSPS) is 27.2. The summed E-state index contributed by atoms with van der Waals surface area (Å²) in [7, 11) is 0. The molecule has 2 saturated heterocycles. The topological polar surface area (TPSA) is 32.3 Å². The first-order valence-electron chi connectivity index (χ1n) is 6.00. The summed E-state index contributed by atoms with van der Waals surface area (Å²) in [6.07, 6.45) is 0. The fourth-order valence-corrected chi connectivity index (χ4v) is 3.04. The van der Waals surface area contributed by atoms with E-state index in [1.54, 1.807) is 12.1 Å². The first-order chi connectivity index (χ1) is 8.25. The first-order valence-corrected chi connectivity index (χ1v) is 6.38. The molecule has 1 N–H and O–H groups in total. The molecule has 90 valence electrons. The molecular formula is C13H15ClN2O. The van der Waals surface area contributed by atoms with Crippen molar-refractivity contribution in [3.63, 3.8) is 0 Å². The van der Waals surface area contributed by atoms with E-state index in [-0.39, 0.29) is 5.91 Å². The average molecular weight is 251 g/mol. The van der Waals surface area contributed by atoms with Crippen LogP contribution in [0.4, 0.5) is 0 Å². The van der Waals surface area contributed by atoms with E-state index in [4.69, 9.17) is 11.6 Å². The van der Waals surface area contributed by atoms with Crippen LogP contribution in [0.1, 0.15) is 10.4 Å². The third kappa shape index (κ3) is 1.94. The Labute approximate surface area is 106 Å². The summed E-state index contributed by atoms with van der Waals surface area (Å²) in [4.78, 5) is 14.3. The second-order valence-electron chi connectivity index (χ2n) is 4.87. The number of nitrogens with one attached hydrogen (secondary N) is 1. The molecule has 4 heteroatoms. The van der Waals surface area contributed by atoms with E-state index in [9.17, 15) is 4.79 Å². The zero-order valence-corrected chi connectivity index (χ0v) is 10.3. The minimum atomic E-state index is 0.0741. The molecule has 0 spiro atoms. The summed E-state index contributed by atoms with van der Waals surface area (Å²) < 4.78 is 0. The van der Waals surface area contributed by atoms with E-state index < -0.39 is 0 Å². The summed E-state index contributed by atoms with van der Waals surface area (Å²) in [5, 5.41) is 3.92. The van der Waals surface area contributed by atoms with Crippen molar-refractivity contribution in [2.45, 2.75) is 0 Å². The minimum absolute atomic E-state index is 0.0741. The van der Waals surface area contributed by atoms with Gasteiger partial charge in [-0.2, -0.15) is 0 Å². The first kappa shape index (κ1) is 11.1. The van der Waals surface area contributed by atoms with E-state index in [1.165, 1.54) is 0 Å². The Hall–Kier alpha value is -1.06. The van der Waals surface area contributed by atoms with Crippen LogP contribution in [0.2, 0.25) is 5.02 Å². The number of hydrogen-bond acceptors (Lipinski definition) is 2. The number of nitrogens with zero attached hydrogens (tertiary/aromatic N) is 1. The van der Waals surface area contributed by atoms with E-state index in [0.29, 0.717) is 22.4 Å². The van der Waals surface area contributed by atoms with E-state index in [0.717, 1.165) is 26.2 Å². The molecule has 2 heterocycles. The minimum Gasteiger partial charge on any atom is -0.338 e. The zero-order valence-electron chi connectivity index (χ0n) is 9.53. The number of carbonyl (C=O) groups excluding carboxylic acids is 1. The molecule has 0 aromatic heterocycles. The van der Waals surface area contributed by atoms with Crippen LogP contribution in [0, 0.1) is 11.8 Å². The van der Waals surface area contributed by atoms with Gasteiger partial charge in [0.05, 0.1) is 10.6 Å². The molecule has 2 fully saturated rings. The Morgan fingerprint density at radius 2 is 1.88 bits per heavy atom. The lowest BCUT2D eigenvalue weighted by atomic mass is 10.0. The zero-order chi connectivity index (χ0) is 11.8. The SMILES string of the molecule is O=C(c1ccccc1Cl)N1CC2CNCC2C1. The van der Waals surface area contributed by atoms with Gasteiger partial charge in [0.1, 0.15) is 0 Å². The van der Waals surface area contributed by atoms with Crippen LogP contribution in [-0.4, -0.2) is 37.0 Å². The molecule has 0 radical (unpaired) electrons. The standard InChI is InChI=1S/C13H15ClN2O/c14-12-4-2-1-3-11(12)13(17)16-7-9-5-15-6-10(9)8-16/h1-4,9-10,15H,5-8H2. The molecule has 2 atom stereocenters. The summed E-state index contributed by atoms with van der Waals surface area (Å²) in [5.41, 5.74) is 0.627. The summed E-state index contributed by atoms with van der Waals surface area (Å²) in [6, 6.07) is 7.28. The molecule has 1 aromatic carbocycles. The van der Waals surface area contributed by atoms with Crippen molar-refractivity contribution >= 4 is 17.5 Å². The van der Waals surface area contributed by atoms with Gasteiger partial charge in [-0.1, -0.05) is 23.7 Å². The van der Waals surface area contributed by atoms with Gasteiger partial charge < -0.3 is 10.2 Å². The monoisotopic (exact) mass is 250 g/mol. The Balaban J connectivity index is 1.78. The van der Waals surface area contributed by atoms with Crippen molar-refractivity contribution in [3.8, 4) is 0 Å². The summed E-state index contributed by atoms with van der Waals surface area (Å²) in [6.45, 7) is 3.80. The molecule has 17 heavy (non-hydrogen) atoms. The number of rotatable bonds is 1. The number of fused-ring (bicyclic) bond motifs is 1. The molecule has 0 saturated carbocycles. The molecule has 3 rings (SSSR count). The summed E-state index contributed by atoms with van der Waals surface area (Å²) in [5.74, 6) is 1.33. The van der Waals surface area contributed by atoms with Gasteiger partial charge in [0, 0.05) is 26.2 Å². The third-order valence-electron chi connectivity index (χ3n) is 3.78. The molecule has 0 bridgehead atoms. The highest BCUT2D eigenvalue weighted by molar-refractivity contribution is 6.33. The number of amides is 1. The molecule has 2 unspecified atom stereocenters. The third-order valence-corrected chi connectivity index (χ3v) is 4.11. The average Bonchev–Trinajstić information content (AvgIpc) is 2.88. The van der Waals surface area contributed by atoms with Gasteiger partial charge in [0.2, 0.25) is 0 Å². The Morgan fingerprint density at radius 3 is 2.53 bits per heavy atom. The lowest BCUT2D eigenvalue weighted by Gasteiger charge is -2.18. The lowest BCUT2D eigenvalue weighted by molar-refractivity contribution is 0.0782. The van der Waals surface area contributed by atoms with E-state index >= 15 is 0 Å². The fourth-order valence-electron chi connectivity index (χ4n) is 2.83. The second-order valence-corrected chi connectivity index (χ2v) is 5.28. The molecule has 3 nitrogen and oxygen atoms in total. The predicted molar refractivity (Wildman–Crippen MR) is 67.2 cm³/mol. The lowest BCUT2D eigenvalue weighted by Crippen LogP contribution is -2.32. The van der Waals surface area contributed by atoms with E-state index in [1.807, 2.05) is 17.0 Å². The number of likely N-dealkylation sites (tertiary alicyclic amines) is 1. The molecule has 2 aliphatic heterocycles. The van der Waals surface area contributed by atoms with Crippen molar-refractivity contribution in [2.24, 2.45) is 11.8 Å². The Morgan fingerprint density at radius 1 is 1.24 bits per heavy atom. The quantitative estimate of drug-likeness (QED) is 0.822. The molecule has 0 aliphatic carbocycles. The Bertz CT molecular complexity index is 437. The maximum Gasteiger partial charge on any atom is 0.255 e. The highest BCUT2D eigenvalue weighted by atomic mass is 35.5. The van der Waals surface area contributed by atoms with Crippen LogP contribution in [-0.2, 0) is 0 Å². The number of halogens is 1.